The van der Waals surface area contributed by atoms with Crippen molar-refractivity contribution in [1.29, 1.82) is 0 Å². The van der Waals surface area contributed by atoms with Crippen molar-refractivity contribution >= 4 is 0 Å². The van der Waals surface area contributed by atoms with Crippen molar-refractivity contribution in [3.8, 4) is 0 Å². The van der Waals surface area contributed by atoms with Gasteiger partial charge >= 0.3 is 0 Å². The second kappa shape index (κ2) is 6.14. The summed E-state index contributed by atoms with van der Waals surface area (Å²) < 4.78 is 0. The summed E-state index contributed by atoms with van der Waals surface area (Å²) in [6.07, 6.45) is 20.1. The summed E-state index contributed by atoms with van der Waals surface area (Å²) in [5.41, 5.74) is 0.622. The van der Waals surface area contributed by atoms with Crippen molar-refractivity contribution in [3.05, 3.63) is 0 Å². The highest BCUT2D eigenvalue weighted by Gasteiger charge is 2.56. The third kappa shape index (κ3) is 2.48. The van der Waals surface area contributed by atoms with Gasteiger partial charge in [0.15, 0.2) is 0 Å². The molecule has 0 spiro atoms. The molecule has 0 bridgehead atoms. The van der Waals surface area contributed by atoms with Crippen LogP contribution in [0.15, 0.2) is 0 Å². The fourth-order valence-corrected chi connectivity index (χ4v) is 7.87. The van der Waals surface area contributed by atoms with Crippen LogP contribution >= 0.6 is 0 Å². The number of hydrogen-bond donors (Lipinski definition) is 0. The minimum absolute atomic E-state index is 0.622. The zero-order valence-electron chi connectivity index (χ0n) is 15.2. The van der Waals surface area contributed by atoms with Crippen molar-refractivity contribution in [2.24, 2.45) is 40.9 Å². The molecule has 4 unspecified atom stereocenters. The second-order valence-electron chi connectivity index (χ2n) is 9.91. The van der Waals surface area contributed by atoms with Gasteiger partial charge in [0.1, 0.15) is 0 Å². The molecule has 0 amide bonds. The second-order valence-corrected chi connectivity index (χ2v) is 9.91. The third-order valence-electron chi connectivity index (χ3n) is 8.74. The molecule has 4 saturated carbocycles. The van der Waals surface area contributed by atoms with Gasteiger partial charge in [-0.05, 0) is 79.4 Å². The third-order valence-corrected chi connectivity index (χ3v) is 8.74. The van der Waals surface area contributed by atoms with Crippen molar-refractivity contribution in [3.63, 3.8) is 0 Å². The van der Waals surface area contributed by atoms with Gasteiger partial charge < -0.3 is 0 Å². The van der Waals surface area contributed by atoms with Crippen LogP contribution < -0.4 is 0 Å². The average Bonchev–Trinajstić information content (AvgIpc) is 2.91. The monoisotopic (exact) mass is 302 g/mol. The average molecular weight is 303 g/mol. The Morgan fingerprint density at radius 1 is 0.500 bits per heavy atom. The van der Waals surface area contributed by atoms with Crippen LogP contribution in [-0.2, 0) is 0 Å². The van der Waals surface area contributed by atoms with Crippen molar-refractivity contribution in [1.82, 2.24) is 0 Å². The largest absolute Gasteiger partial charge is 0.0594 e. The van der Waals surface area contributed by atoms with Crippen LogP contribution in [0.2, 0.25) is 0 Å². The summed E-state index contributed by atoms with van der Waals surface area (Å²) in [7, 11) is 0. The van der Waals surface area contributed by atoms with Crippen LogP contribution in [-0.4, -0.2) is 0 Å². The van der Waals surface area contributed by atoms with E-state index in [1.807, 2.05) is 0 Å². The maximum absolute atomic E-state index is 2.70. The smallest absolute Gasteiger partial charge is 0.0292 e. The molecular weight excluding hydrogens is 264 g/mol. The Balaban J connectivity index is 1.62. The van der Waals surface area contributed by atoms with E-state index in [-0.39, 0.29) is 0 Å². The van der Waals surface area contributed by atoms with Crippen LogP contribution in [0.25, 0.3) is 0 Å². The van der Waals surface area contributed by atoms with Crippen molar-refractivity contribution < 1.29 is 0 Å². The first kappa shape index (κ1) is 15.5. The molecule has 4 fully saturated rings. The molecule has 0 heterocycles. The molecule has 0 saturated heterocycles. The normalized spacial score (nSPS) is 43.6. The van der Waals surface area contributed by atoms with E-state index in [1.54, 1.807) is 38.5 Å². The van der Waals surface area contributed by atoms with Gasteiger partial charge in [0.05, 0.1) is 0 Å². The van der Waals surface area contributed by atoms with Crippen molar-refractivity contribution in [2.75, 3.05) is 0 Å². The zero-order chi connectivity index (χ0) is 15.2. The van der Waals surface area contributed by atoms with E-state index < -0.39 is 0 Å². The minimum atomic E-state index is 0.622. The van der Waals surface area contributed by atoms with Gasteiger partial charge in [-0.25, -0.2) is 0 Å². The topological polar surface area (TPSA) is 0 Å². The van der Waals surface area contributed by atoms with Crippen LogP contribution in [0.3, 0.4) is 0 Å². The lowest BCUT2D eigenvalue weighted by atomic mass is 9.57. The van der Waals surface area contributed by atoms with Crippen LogP contribution in [0.4, 0.5) is 0 Å². The molecule has 126 valence electrons. The van der Waals surface area contributed by atoms with Gasteiger partial charge in [0, 0.05) is 0 Å². The maximum atomic E-state index is 2.70. The molecule has 4 aliphatic carbocycles. The van der Waals surface area contributed by atoms with Crippen LogP contribution in [0.5, 0.6) is 0 Å². The molecule has 4 atom stereocenters. The Labute approximate surface area is 138 Å². The van der Waals surface area contributed by atoms with E-state index in [4.69, 9.17) is 0 Å². The van der Waals surface area contributed by atoms with E-state index in [0.29, 0.717) is 5.41 Å². The Bertz CT molecular complexity index is 353. The molecule has 0 aromatic carbocycles. The predicted molar refractivity (Wildman–Crippen MR) is 94.7 cm³/mol. The summed E-state index contributed by atoms with van der Waals surface area (Å²) in [6, 6.07) is 0. The quantitative estimate of drug-likeness (QED) is 0.524. The minimum Gasteiger partial charge on any atom is -0.0594 e. The molecular formula is C22H38. The van der Waals surface area contributed by atoms with Crippen LogP contribution in [0, 0.1) is 40.9 Å². The first-order valence-electron chi connectivity index (χ1n) is 10.7. The molecule has 0 nitrogen and oxygen atoms in total. The molecule has 0 radical (unpaired) electrons. The maximum Gasteiger partial charge on any atom is -0.0292 e. The first-order chi connectivity index (χ1) is 10.7. The molecule has 0 heteroatoms. The lowest BCUT2D eigenvalue weighted by Crippen LogP contribution is -2.40. The van der Waals surface area contributed by atoms with Gasteiger partial charge in [0.25, 0.3) is 0 Å². The van der Waals surface area contributed by atoms with E-state index in [9.17, 15) is 0 Å². The molecule has 0 aromatic heterocycles. The Morgan fingerprint density at radius 2 is 0.909 bits per heavy atom. The number of rotatable bonds is 2. The van der Waals surface area contributed by atoms with Gasteiger partial charge in [-0.3, -0.25) is 0 Å². The number of hydrogen-bond acceptors (Lipinski definition) is 0. The van der Waals surface area contributed by atoms with Gasteiger partial charge in [0.2, 0.25) is 0 Å². The highest BCUT2D eigenvalue weighted by molar-refractivity contribution is 5.05. The molecule has 4 rings (SSSR count). The highest BCUT2D eigenvalue weighted by atomic mass is 14.6. The highest BCUT2D eigenvalue weighted by Crippen LogP contribution is 2.64. The van der Waals surface area contributed by atoms with E-state index in [1.165, 1.54) is 44.9 Å². The molecule has 22 heavy (non-hydrogen) atoms. The van der Waals surface area contributed by atoms with E-state index >= 15 is 0 Å². The van der Waals surface area contributed by atoms with Crippen LogP contribution in [0.1, 0.15) is 97.3 Å². The van der Waals surface area contributed by atoms with E-state index in [2.05, 4.69) is 13.8 Å². The summed E-state index contributed by atoms with van der Waals surface area (Å²) in [6.45, 7) is 5.41. The van der Waals surface area contributed by atoms with Gasteiger partial charge in [-0.15, -0.1) is 0 Å². The molecule has 0 aromatic rings. The molecule has 0 aliphatic heterocycles. The standard InChI is InChI=1S/C22H38/c1-22(2,16-10-4-3-5-11-16)21-19-14-8-6-12-17(19)18-13-7-9-15-20(18)21/h16-21H,3-15H2,1-2H3. The summed E-state index contributed by atoms with van der Waals surface area (Å²) in [5, 5.41) is 0. The summed E-state index contributed by atoms with van der Waals surface area (Å²) in [5.74, 6) is 6.59. The lowest BCUT2D eigenvalue weighted by molar-refractivity contribution is 0.0130. The lowest BCUT2D eigenvalue weighted by Gasteiger charge is -2.48. The fourth-order valence-electron chi connectivity index (χ4n) is 7.87. The Kier molecular flexibility index (Phi) is 4.33. The molecule has 4 aliphatic rings. The van der Waals surface area contributed by atoms with Gasteiger partial charge in [-0.2, -0.15) is 0 Å². The predicted octanol–water partition coefficient (Wildman–Crippen LogP) is 6.84. The first-order valence-corrected chi connectivity index (χ1v) is 10.7. The number of fused-ring (bicyclic) bond motifs is 3. The van der Waals surface area contributed by atoms with Gasteiger partial charge in [-0.1, -0.05) is 58.8 Å². The zero-order valence-corrected chi connectivity index (χ0v) is 15.2. The summed E-state index contributed by atoms with van der Waals surface area (Å²) >= 11 is 0. The molecule has 0 N–H and O–H groups in total. The van der Waals surface area contributed by atoms with E-state index in [0.717, 1.165) is 35.5 Å². The fraction of sp³-hybridized carbons (Fsp3) is 1.00. The van der Waals surface area contributed by atoms with Crippen molar-refractivity contribution in [2.45, 2.75) is 97.3 Å². The SMILES string of the molecule is CC(C)(C1CCCCC1)C1C2CCCCC2C2CCCCC21. The summed E-state index contributed by atoms with van der Waals surface area (Å²) in [4.78, 5) is 0. The Morgan fingerprint density at radius 3 is 1.41 bits per heavy atom. The Hall–Kier alpha value is 0.